The summed E-state index contributed by atoms with van der Waals surface area (Å²) in [7, 11) is 0. The second-order valence-corrected chi connectivity index (χ2v) is 1.22. The topological polar surface area (TPSA) is 32.3 Å². The van der Waals surface area contributed by atoms with E-state index in [2.05, 4.69) is 13.8 Å². The zero-order valence-corrected chi connectivity index (χ0v) is 5.36. The zero-order valence-electron chi connectivity index (χ0n) is 5.36. The number of nitrogens with one attached hydrogen (secondary N) is 1. The third-order valence-electron chi connectivity index (χ3n) is 0.158. The van der Waals surface area contributed by atoms with E-state index in [1.807, 2.05) is 12.4 Å². The van der Waals surface area contributed by atoms with Gasteiger partial charge in [-0.1, -0.05) is 27.2 Å². The van der Waals surface area contributed by atoms with E-state index in [0.29, 0.717) is 6.54 Å². The van der Waals surface area contributed by atoms with Crippen LogP contribution in [-0.2, 0) is 0 Å². The Labute approximate surface area is 45.5 Å². The highest BCUT2D eigenvalue weighted by atomic mass is 16.5. The molecule has 0 heterocycles. The van der Waals surface area contributed by atoms with Crippen LogP contribution in [-0.4, -0.2) is 11.8 Å². The van der Waals surface area contributed by atoms with Crippen molar-refractivity contribution in [1.82, 2.24) is 5.48 Å². The van der Waals surface area contributed by atoms with Crippen LogP contribution in [0.1, 0.15) is 27.2 Å². The third-order valence-corrected chi connectivity index (χ3v) is 0.158. The molecule has 0 aliphatic heterocycles. The monoisotopic (exact) mass is 105 g/mol. The summed E-state index contributed by atoms with van der Waals surface area (Å²) in [5, 5.41) is 7.62. The Morgan fingerprint density at radius 1 is 1.29 bits per heavy atom. The molecule has 0 amide bonds. The molecular weight excluding hydrogens is 90.1 g/mol. The van der Waals surface area contributed by atoms with Crippen LogP contribution in [0.25, 0.3) is 0 Å². The molecule has 0 atom stereocenters. The highest BCUT2D eigenvalue weighted by molar-refractivity contribution is 4.04. The molecule has 0 aromatic rings. The van der Waals surface area contributed by atoms with E-state index in [1.165, 1.54) is 6.42 Å². The SMILES string of the molecule is CCC.CCNO. The third kappa shape index (κ3) is 107. The normalized spacial score (nSPS) is 6.86. The smallest absolute Gasteiger partial charge is 0.0179 e. The van der Waals surface area contributed by atoms with Crippen molar-refractivity contribution in [3.8, 4) is 0 Å². The summed E-state index contributed by atoms with van der Waals surface area (Å²) in [5.41, 5.74) is 1.93. The highest BCUT2D eigenvalue weighted by Crippen LogP contribution is 1.56. The van der Waals surface area contributed by atoms with Crippen molar-refractivity contribution in [2.24, 2.45) is 0 Å². The molecule has 46 valence electrons. The first-order valence-corrected chi connectivity index (χ1v) is 2.70. The molecule has 0 saturated carbocycles. The number of hydrogen-bond acceptors (Lipinski definition) is 2. The Kier molecular flexibility index (Phi) is 24.1. The van der Waals surface area contributed by atoms with Crippen LogP contribution >= 0.6 is 0 Å². The molecule has 2 nitrogen and oxygen atoms in total. The van der Waals surface area contributed by atoms with Crippen LogP contribution < -0.4 is 5.48 Å². The largest absolute Gasteiger partial charge is 0.317 e. The highest BCUT2D eigenvalue weighted by Gasteiger charge is 1.51. The first kappa shape index (κ1) is 10.0. The molecule has 0 saturated heterocycles. The Morgan fingerprint density at radius 2 is 1.43 bits per heavy atom. The maximum absolute atomic E-state index is 7.62. The van der Waals surface area contributed by atoms with Crippen molar-refractivity contribution < 1.29 is 5.21 Å². The Bertz CT molecular complexity index is 15.6. The second-order valence-electron chi connectivity index (χ2n) is 1.22. The van der Waals surface area contributed by atoms with E-state index in [1.54, 1.807) is 0 Å². The summed E-state index contributed by atoms with van der Waals surface area (Å²) < 4.78 is 0. The van der Waals surface area contributed by atoms with Gasteiger partial charge in [0.2, 0.25) is 0 Å². The predicted octanol–water partition coefficient (Wildman–Crippen LogP) is 1.40. The van der Waals surface area contributed by atoms with Crippen molar-refractivity contribution in [1.29, 1.82) is 0 Å². The molecule has 0 bridgehead atoms. The average molecular weight is 105 g/mol. The molecule has 2 N–H and O–H groups in total. The molecule has 0 fully saturated rings. The van der Waals surface area contributed by atoms with Gasteiger partial charge in [-0.05, 0) is 0 Å². The van der Waals surface area contributed by atoms with E-state index in [-0.39, 0.29) is 0 Å². The molecule has 7 heavy (non-hydrogen) atoms. The zero-order chi connectivity index (χ0) is 6.12. The number of hydrogen-bond donors (Lipinski definition) is 2. The van der Waals surface area contributed by atoms with Gasteiger partial charge in [0.25, 0.3) is 0 Å². The van der Waals surface area contributed by atoms with Crippen LogP contribution in [0.3, 0.4) is 0 Å². The van der Waals surface area contributed by atoms with Gasteiger partial charge in [0, 0.05) is 6.54 Å². The van der Waals surface area contributed by atoms with Crippen molar-refractivity contribution in [3.05, 3.63) is 0 Å². The number of hydroxylamine groups is 1. The molecule has 0 unspecified atom stereocenters. The van der Waals surface area contributed by atoms with Crippen LogP contribution in [0.2, 0.25) is 0 Å². The molecule has 0 aromatic heterocycles. The molecule has 0 rings (SSSR count). The lowest BCUT2D eigenvalue weighted by molar-refractivity contribution is 0.173. The van der Waals surface area contributed by atoms with Gasteiger partial charge in [-0.25, -0.2) is 5.48 Å². The summed E-state index contributed by atoms with van der Waals surface area (Å²) in [5.74, 6) is 0. The maximum atomic E-state index is 7.62. The van der Waals surface area contributed by atoms with Gasteiger partial charge in [0.15, 0.2) is 0 Å². The summed E-state index contributed by atoms with van der Waals surface area (Å²) in [6.45, 7) is 6.69. The van der Waals surface area contributed by atoms with Gasteiger partial charge in [-0.15, -0.1) is 0 Å². The predicted molar refractivity (Wildman–Crippen MR) is 31.4 cm³/mol. The lowest BCUT2D eigenvalue weighted by atomic mass is 10.6. The average Bonchev–Trinajstić information content (AvgIpc) is 1.69. The first-order chi connectivity index (χ1) is 3.33. The Balaban J connectivity index is 0. The fourth-order valence-electron chi connectivity index (χ4n) is 0. The van der Waals surface area contributed by atoms with Gasteiger partial charge < -0.3 is 5.21 Å². The quantitative estimate of drug-likeness (QED) is 0.494. The standard InChI is InChI=1S/C3H8.C2H7NO/c1-3-2;1-2-3-4/h3H2,1-2H3;3-4H,2H2,1H3. The fraction of sp³-hybridized carbons (Fsp3) is 1.00. The van der Waals surface area contributed by atoms with E-state index >= 15 is 0 Å². The molecule has 2 heteroatoms. The Hall–Kier alpha value is -0.0800. The van der Waals surface area contributed by atoms with E-state index in [0.717, 1.165) is 0 Å². The molecule has 0 radical (unpaired) electrons. The van der Waals surface area contributed by atoms with Crippen molar-refractivity contribution in [2.75, 3.05) is 6.54 Å². The fourth-order valence-corrected chi connectivity index (χ4v) is 0. The summed E-state index contributed by atoms with van der Waals surface area (Å²) in [4.78, 5) is 0. The molecule has 0 aliphatic rings. The van der Waals surface area contributed by atoms with Crippen molar-refractivity contribution in [2.45, 2.75) is 27.2 Å². The minimum Gasteiger partial charge on any atom is -0.317 e. The first-order valence-electron chi connectivity index (χ1n) is 2.70. The minimum absolute atomic E-state index is 0.625. The molecule has 0 aromatic carbocycles. The van der Waals surface area contributed by atoms with Crippen LogP contribution in [0.15, 0.2) is 0 Å². The lowest BCUT2D eigenvalue weighted by Crippen LogP contribution is -2.02. The number of rotatable bonds is 1. The maximum Gasteiger partial charge on any atom is 0.0179 e. The molecule has 0 aliphatic carbocycles. The molecular formula is C5H15NO. The van der Waals surface area contributed by atoms with Crippen LogP contribution in [0.4, 0.5) is 0 Å². The minimum atomic E-state index is 0.625. The van der Waals surface area contributed by atoms with Gasteiger partial charge in [0.1, 0.15) is 0 Å². The summed E-state index contributed by atoms with van der Waals surface area (Å²) in [6.07, 6.45) is 1.25. The van der Waals surface area contributed by atoms with Crippen molar-refractivity contribution >= 4 is 0 Å². The van der Waals surface area contributed by atoms with Gasteiger partial charge in [0.05, 0.1) is 0 Å². The molecule has 0 spiro atoms. The van der Waals surface area contributed by atoms with Crippen LogP contribution in [0, 0.1) is 0 Å². The van der Waals surface area contributed by atoms with E-state index in [9.17, 15) is 0 Å². The lowest BCUT2D eigenvalue weighted by Gasteiger charge is -1.75. The summed E-state index contributed by atoms with van der Waals surface area (Å²) in [6, 6.07) is 0. The van der Waals surface area contributed by atoms with E-state index < -0.39 is 0 Å². The second kappa shape index (κ2) is 16.8. The van der Waals surface area contributed by atoms with E-state index in [4.69, 9.17) is 5.21 Å². The van der Waals surface area contributed by atoms with Crippen molar-refractivity contribution in [3.63, 3.8) is 0 Å². The summed E-state index contributed by atoms with van der Waals surface area (Å²) >= 11 is 0. The van der Waals surface area contributed by atoms with Gasteiger partial charge >= 0.3 is 0 Å². The van der Waals surface area contributed by atoms with Gasteiger partial charge in [-0.3, -0.25) is 0 Å². The van der Waals surface area contributed by atoms with Crippen LogP contribution in [0.5, 0.6) is 0 Å². The van der Waals surface area contributed by atoms with Gasteiger partial charge in [-0.2, -0.15) is 0 Å². The Morgan fingerprint density at radius 3 is 1.43 bits per heavy atom.